The summed E-state index contributed by atoms with van der Waals surface area (Å²) in [7, 11) is 2.07. The average Bonchev–Trinajstić information content (AvgIpc) is 2.40. The minimum atomic E-state index is 0.446. The zero-order valence-electron chi connectivity index (χ0n) is 6.91. The van der Waals surface area contributed by atoms with Crippen molar-refractivity contribution in [1.82, 2.24) is 5.32 Å². The Morgan fingerprint density at radius 2 is 1.67 bits per heavy atom. The zero-order valence-corrected chi connectivity index (χ0v) is 6.91. The minimum absolute atomic E-state index is 0.446. The topological polar surface area (TPSA) is 12.0 Å². The highest BCUT2D eigenvalue weighted by molar-refractivity contribution is 5.08. The van der Waals surface area contributed by atoms with Gasteiger partial charge in [-0.3, -0.25) is 0 Å². The fourth-order valence-electron chi connectivity index (χ4n) is 1.50. The number of hydrogen-bond donors (Lipinski definition) is 1. The van der Waals surface area contributed by atoms with Crippen molar-refractivity contribution in [2.45, 2.75) is 39.2 Å². The van der Waals surface area contributed by atoms with Crippen molar-refractivity contribution < 1.29 is 0 Å². The molecule has 0 unspecified atom stereocenters. The lowest BCUT2D eigenvalue weighted by Gasteiger charge is -2.30. The van der Waals surface area contributed by atoms with Gasteiger partial charge in [0.2, 0.25) is 0 Å². The zero-order chi connectivity index (χ0) is 7.12. The average molecular weight is 127 g/mol. The molecule has 0 saturated heterocycles. The predicted octanol–water partition coefficient (Wildman–Crippen LogP) is 1.78. The summed E-state index contributed by atoms with van der Waals surface area (Å²) in [5, 5.41) is 3.39. The first-order valence-corrected chi connectivity index (χ1v) is 3.71. The third-order valence-electron chi connectivity index (χ3n) is 2.66. The fraction of sp³-hybridized carbons (Fsp3) is 1.00. The van der Waals surface area contributed by atoms with Gasteiger partial charge in [-0.25, -0.2) is 0 Å². The molecule has 1 fully saturated rings. The third-order valence-corrected chi connectivity index (χ3v) is 2.66. The Labute approximate surface area is 57.8 Å². The molecule has 0 radical (unpaired) electrons. The molecule has 1 N–H and O–H groups in total. The molecule has 9 heavy (non-hydrogen) atoms. The highest BCUT2D eigenvalue weighted by atomic mass is 15.0. The van der Waals surface area contributed by atoms with Crippen molar-refractivity contribution in [3.63, 3.8) is 0 Å². The number of hydrogen-bond acceptors (Lipinski definition) is 1. The maximum atomic E-state index is 3.39. The van der Waals surface area contributed by atoms with Gasteiger partial charge in [0, 0.05) is 5.54 Å². The summed E-state index contributed by atoms with van der Waals surface area (Å²) in [6.45, 7) is 6.91. The molecule has 1 saturated carbocycles. The monoisotopic (exact) mass is 127 g/mol. The van der Waals surface area contributed by atoms with E-state index >= 15 is 0 Å². The van der Waals surface area contributed by atoms with Gasteiger partial charge >= 0.3 is 0 Å². The Kier molecular flexibility index (Phi) is 1.35. The van der Waals surface area contributed by atoms with E-state index in [0.29, 0.717) is 11.0 Å². The van der Waals surface area contributed by atoms with E-state index in [2.05, 4.69) is 33.1 Å². The van der Waals surface area contributed by atoms with Gasteiger partial charge in [-0.2, -0.15) is 0 Å². The van der Waals surface area contributed by atoms with Crippen LogP contribution in [0.2, 0.25) is 0 Å². The normalized spacial score (nSPS) is 24.0. The molecule has 0 spiro atoms. The van der Waals surface area contributed by atoms with Gasteiger partial charge in [0.15, 0.2) is 0 Å². The second-order valence-corrected chi connectivity index (χ2v) is 4.08. The number of nitrogens with one attached hydrogen (secondary N) is 1. The van der Waals surface area contributed by atoms with Crippen molar-refractivity contribution >= 4 is 0 Å². The number of rotatable bonds is 1. The van der Waals surface area contributed by atoms with Crippen molar-refractivity contribution in [2.24, 2.45) is 5.41 Å². The third kappa shape index (κ3) is 0.983. The summed E-state index contributed by atoms with van der Waals surface area (Å²) < 4.78 is 0. The second kappa shape index (κ2) is 1.72. The molecule has 0 aliphatic heterocycles. The van der Waals surface area contributed by atoms with E-state index in [1.165, 1.54) is 12.8 Å². The standard InChI is InChI=1S/C8H17N/c1-7(2,3)8(9-4)5-6-8/h9H,5-6H2,1-4H3. The van der Waals surface area contributed by atoms with Gasteiger partial charge in [-0.15, -0.1) is 0 Å². The maximum Gasteiger partial charge on any atom is 0.0228 e. The van der Waals surface area contributed by atoms with E-state index in [9.17, 15) is 0 Å². The first kappa shape index (κ1) is 7.07. The first-order chi connectivity index (χ1) is 4.02. The minimum Gasteiger partial charge on any atom is -0.314 e. The molecule has 0 aromatic heterocycles. The van der Waals surface area contributed by atoms with Gasteiger partial charge in [-0.05, 0) is 25.3 Å². The Morgan fingerprint density at radius 1 is 1.22 bits per heavy atom. The molecular formula is C8H17N. The Bertz CT molecular complexity index is 106. The van der Waals surface area contributed by atoms with E-state index in [4.69, 9.17) is 0 Å². The van der Waals surface area contributed by atoms with Crippen LogP contribution in [0.25, 0.3) is 0 Å². The van der Waals surface area contributed by atoms with Crippen LogP contribution in [0, 0.1) is 5.41 Å². The van der Waals surface area contributed by atoms with Crippen LogP contribution in [-0.4, -0.2) is 12.6 Å². The molecule has 1 nitrogen and oxygen atoms in total. The van der Waals surface area contributed by atoms with E-state index in [1.807, 2.05) is 0 Å². The molecular weight excluding hydrogens is 110 g/mol. The van der Waals surface area contributed by atoms with E-state index in [1.54, 1.807) is 0 Å². The van der Waals surface area contributed by atoms with Crippen LogP contribution in [-0.2, 0) is 0 Å². The molecule has 0 amide bonds. The van der Waals surface area contributed by atoms with Gasteiger partial charge < -0.3 is 5.32 Å². The molecule has 0 atom stereocenters. The molecule has 54 valence electrons. The highest BCUT2D eigenvalue weighted by Crippen LogP contribution is 2.48. The summed E-state index contributed by atoms with van der Waals surface area (Å²) in [6, 6.07) is 0. The molecule has 0 bridgehead atoms. The molecule has 0 heterocycles. The quantitative estimate of drug-likeness (QED) is 0.566. The summed E-state index contributed by atoms with van der Waals surface area (Å²) in [4.78, 5) is 0. The van der Waals surface area contributed by atoms with E-state index in [0.717, 1.165) is 0 Å². The summed E-state index contributed by atoms with van der Waals surface area (Å²) >= 11 is 0. The van der Waals surface area contributed by atoms with Gasteiger partial charge in [-0.1, -0.05) is 20.8 Å². The molecule has 1 rings (SSSR count). The molecule has 0 aromatic carbocycles. The van der Waals surface area contributed by atoms with Crippen LogP contribution in [0.5, 0.6) is 0 Å². The maximum absolute atomic E-state index is 3.39. The van der Waals surface area contributed by atoms with Crippen molar-refractivity contribution in [2.75, 3.05) is 7.05 Å². The molecule has 1 aliphatic rings. The van der Waals surface area contributed by atoms with Crippen LogP contribution in [0.1, 0.15) is 33.6 Å². The Morgan fingerprint density at radius 3 is 1.67 bits per heavy atom. The van der Waals surface area contributed by atoms with E-state index in [-0.39, 0.29) is 0 Å². The van der Waals surface area contributed by atoms with Crippen LogP contribution < -0.4 is 5.32 Å². The Balaban J connectivity index is 2.60. The van der Waals surface area contributed by atoms with Crippen LogP contribution in [0.15, 0.2) is 0 Å². The summed E-state index contributed by atoms with van der Waals surface area (Å²) in [5.74, 6) is 0. The van der Waals surface area contributed by atoms with Gasteiger partial charge in [0.25, 0.3) is 0 Å². The molecule has 1 heteroatoms. The van der Waals surface area contributed by atoms with Crippen LogP contribution in [0.4, 0.5) is 0 Å². The smallest absolute Gasteiger partial charge is 0.0228 e. The largest absolute Gasteiger partial charge is 0.314 e. The second-order valence-electron chi connectivity index (χ2n) is 4.08. The van der Waals surface area contributed by atoms with Crippen LogP contribution >= 0.6 is 0 Å². The predicted molar refractivity (Wildman–Crippen MR) is 40.5 cm³/mol. The molecule has 1 aliphatic carbocycles. The van der Waals surface area contributed by atoms with Crippen molar-refractivity contribution in [3.8, 4) is 0 Å². The molecule has 0 aromatic rings. The van der Waals surface area contributed by atoms with Gasteiger partial charge in [0.05, 0.1) is 0 Å². The lowest BCUT2D eigenvalue weighted by molar-refractivity contribution is 0.260. The van der Waals surface area contributed by atoms with Crippen molar-refractivity contribution in [3.05, 3.63) is 0 Å². The van der Waals surface area contributed by atoms with Crippen molar-refractivity contribution in [1.29, 1.82) is 0 Å². The fourth-order valence-corrected chi connectivity index (χ4v) is 1.50. The van der Waals surface area contributed by atoms with Crippen LogP contribution in [0.3, 0.4) is 0 Å². The first-order valence-electron chi connectivity index (χ1n) is 3.71. The lowest BCUT2D eigenvalue weighted by atomic mass is 9.84. The van der Waals surface area contributed by atoms with Gasteiger partial charge in [0.1, 0.15) is 0 Å². The van der Waals surface area contributed by atoms with E-state index < -0.39 is 0 Å². The Hall–Kier alpha value is -0.0400. The SMILES string of the molecule is CNC1(C(C)(C)C)CC1. The summed E-state index contributed by atoms with van der Waals surface area (Å²) in [5.41, 5.74) is 0.925. The summed E-state index contributed by atoms with van der Waals surface area (Å²) in [6.07, 6.45) is 2.71. The lowest BCUT2D eigenvalue weighted by Crippen LogP contribution is -2.40. The highest BCUT2D eigenvalue weighted by Gasteiger charge is 2.50.